The minimum Gasteiger partial charge on any atom is -0.356 e. The molecule has 3 amide bonds. The van der Waals surface area contributed by atoms with E-state index in [0.29, 0.717) is 31.7 Å². The van der Waals surface area contributed by atoms with Crippen LogP contribution in [0.3, 0.4) is 0 Å². The van der Waals surface area contributed by atoms with E-state index in [1.807, 2.05) is 30.3 Å². The Hall–Kier alpha value is -3.41. The topological polar surface area (TPSA) is 87.3 Å². The summed E-state index contributed by atoms with van der Waals surface area (Å²) in [6.45, 7) is 4.84. The molecular formula is C33H43N3O3. The summed E-state index contributed by atoms with van der Waals surface area (Å²) in [5, 5.41) is 9.21. The first-order valence-electron chi connectivity index (χ1n) is 14.5. The molecule has 1 saturated carbocycles. The van der Waals surface area contributed by atoms with Gasteiger partial charge in [-0.05, 0) is 68.2 Å². The van der Waals surface area contributed by atoms with Gasteiger partial charge in [0.15, 0.2) is 0 Å². The predicted molar refractivity (Wildman–Crippen MR) is 156 cm³/mol. The Bertz CT molecular complexity index is 1150. The van der Waals surface area contributed by atoms with Gasteiger partial charge in [-0.25, -0.2) is 0 Å². The fraction of sp³-hybridized carbons (Fsp3) is 0.485. The Morgan fingerprint density at radius 3 is 2.46 bits per heavy atom. The lowest BCUT2D eigenvalue weighted by molar-refractivity contribution is -0.128. The second-order valence-electron chi connectivity index (χ2n) is 11.4. The van der Waals surface area contributed by atoms with Crippen molar-refractivity contribution in [3.05, 3.63) is 76.9 Å². The third-order valence-corrected chi connectivity index (χ3v) is 8.20. The standard InChI is InChI=1S/C33H43N3O3/c1-23-13-14-24(2)28(19-23)22-29(21-27-17-18-34-32(27)38)35-33(39)30(20-26-11-7-4-8-12-26)36-31(37)16-15-25-9-5-3-6-10-25/h3,5-6,9-10,13-16,19,26-27,29-30H,4,7-8,11-12,17-18,20-22H2,1-2H3,(H,34,38)(H,35,39)(H,36,37)/t27-,29-,30-/m0/s1. The third kappa shape index (κ3) is 8.81. The molecule has 0 spiro atoms. The van der Waals surface area contributed by atoms with E-state index in [-0.39, 0.29) is 29.7 Å². The summed E-state index contributed by atoms with van der Waals surface area (Å²) in [4.78, 5) is 39.1. The van der Waals surface area contributed by atoms with Crippen molar-refractivity contribution >= 4 is 23.8 Å². The number of carbonyl (C=O) groups excluding carboxylic acids is 3. The van der Waals surface area contributed by atoms with E-state index in [1.165, 1.54) is 42.0 Å². The third-order valence-electron chi connectivity index (χ3n) is 8.20. The highest BCUT2D eigenvalue weighted by Gasteiger charge is 2.31. The first-order valence-corrected chi connectivity index (χ1v) is 14.5. The average molecular weight is 530 g/mol. The zero-order chi connectivity index (χ0) is 27.6. The highest BCUT2D eigenvalue weighted by atomic mass is 16.2. The highest BCUT2D eigenvalue weighted by Crippen LogP contribution is 2.28. The van der Waals surface area contributed by atoms with E-state index < -0.39 is 6.04 Å². The summed E-state index contributed by atoms with van der Waals surface area (Å²) in [7, 11) is 0. The zero-order valence-corrected chi connectivity index (χ0v) is 23.4. The first kappa shape index (κ1) is 28.6. The van der Waals surface area contributed by atoms with E-state index in [1.54, 1.807) is 6.08 Å². The Morgan fingerprint density at radius 2 is 1.74 bits per heavy atom. The van der Waals surface area contributed by atoms with Crippen molar-refractivity contribution in [3.8, 4) is 0 Å². The van der Waals surface area contributed by atoms with Gasteiger partial charge < -0.3 is 16.0 Å². The molecule has 39 heavy (non-hydrogen) atoms. The number of hydrogen-bond donors (Lipinski definition) is 3. The van der Waals surface area contributed by atoms with Crippen LogP contribution in [0.5, 0.6) is 0 Å². The first-order chi connectivity index (χ1) is 18.9. The van der Waals surface area contributed by atoms with Gasteiger partial charge in [0.2, 0.25) is 17.7 Å². The summed E-state index contributed by atoms with van der Waals surface area (Å²) in [5.41, 5.74) is 4.46. The van der Waals surface area contributed by atoms with Crippen LogP contribution in [0.25, 0.3) is 6.08 Å². The van der Waals surface area contributed by atoms with Crippen LogP contribution in [-0.4, -0.2) is 36.3 Å². The lowest BCUT2D eigenvalue weighted by Gasteiger charge is -2.29. The van der Waals surface area contributed by atoms with Crippen molar-refractivity contribution in [2.45, 2.75) is 83.7 Å². The summed E-state index contributed by atoms with van der Waals surface area (Å²) in [5.74, 6) is -0.0493. The van der Waals surface area contributed by atoms with Crippen LogP contribution < -0.4 is 16.0 Å². The SMILES string of the molecule is Cc1ccc(C)c(C[C@H](C[C@@H]2CCNC2=O)NC(=O)[C@H](CC2CCCCC2)NC(=O)C=Cc2ccccc2)c1. The smallest absolute Gasteiger partial charge is 0.244 e. The molecular weight excluding hydrogens is 486 g/mol. The van der Waals surface area contributed by atoms with Crippen molar-refractivity contribution < 1.29 is 14.4 Å². The number of benzene rings is 2. The average Bonchev–Trinajstić information content (AvgIpc) is 3.34. The number of hydrogen-bond acceptors (Lipinski definition) is 3. The molecule has 4 rings (SSSR count). The lowest BCUT2D eigenvalue weighted by Crippen LogP contribution is -2.51. The molecule has 2 aromatic rings. The van der Waals surface area contributed by atoms with E-state index in [0.717, 1.165) is 24.8 Å². The molecule has 0 unspecified atom stereocenters. The lowest BCUT2D eigenvalue weighted by atomic mass is 9.84. The fourth-order valence-corrected chi connectivity index (χ4v) is 5.94. The molecule has 0 radical (unpaired) electrons. The Labute approximate surface area is 233 Å². The van der Waals surface area contributed by atoms with Gasteiger partial charge in [0.05, 0.1) is 0 Å². The maximum Gasteiger partial charge on any atom is 0.244 e. The normalized spacial score (nSPS) is 19.4. The second kappa shape index (κ2) is 14.1. The second-order valence-corrected chi connectivity index (χ2v) is 11.4. The van der Waals surface area contributed by atoms with Gasteiger partial charge in [0.25, 0.3) is 0 Å². The van der Waals surface area contributed by atoms with Crippen LogP contribution in [-0.2, 0) is 20.8 Å². The molecule has 2 aliphatic rings. The monoisotopic (exact) mass is 529 g/mol. The molecule has 6 heteroatoms. The predicted octanol–water partition coefficient (Wildman–Crippen LogP) is 5.03. The molecule has 1 aliphatic carbocycles. The number of nitrogens with one attached hydrogen (secondary N) is 3. The van der Waals surface area contributed by atoms with Crippen LogP contribution in [0.2, 0.25) is 0 Å². The van der Waals surface area contributed by atoms with Crippen molar-refractivity contribution in [2.24, 2.45) is 11.8 Å². The van der Waals surface area contributed by atoms with Crippen LogP contribution in [0.4, 0.5) is 0 Å². The quantitative estimate of drug-likeness (QED) is 0.357. The summed E-state index contributed by atoms with van der Waals surface area (Å²) in [6, 6.07) is 15.2. The maximum atomic E-state index is 13.8. The minimum atomic E-state index is -0.612. The van der Waals surface area contributed by atoms with Crippen molar-refractivity contribution in [1.82, 2.24) is 16.0 Å². The molecule has 208 valence electrons. The summed E-state index contributed by atoms with van der Waals surface area (Å²) >= 11 is 0. The van der Waals surface area contributed by atoms with E-state index >= 15 is 0 Å². The molecule has 3 atom stereocenters. The largest absolute Gasteiger partial charge is 0.356 e. The fourth-order valence-electron chi connectivity index (χ4n) is 5.94. The molecule has 1 aliphatic heterocycles. The van der Waals surface area contributed by atoms with Crippen molar-refractivity contribution in [2.75, 3.05) is 6.54 Å². The van der Waals surface area contributed by atoms with E-state index in [4.69, 9.17) is 0 Å². The van der Waals surface area contributed by atoms with Gasteiger partial charge in [-0.1, -0.05) is 86.2 Å². The summed E-state index contributed by atoms with van der Waals surface area (Å²) in [6.07, 6.45) is 11.7. The molecule has 0 bridgehead atoms. The molecule has 3 N–H and O–H groups in total. The number of aryl methyl sites for hydroxylation is 2. The zero-order valence-electron chi connectivity index (χ0n) is 23.4. The summed E-state index contributed by atoms with van der Waals surface area (Å²) < 4.78 is 0. The molecule has 2 aromatic carbocycles. The van der Waals surface area contributed by atoms with Crippen LogP contribution in [0, 0.1) is 25.7 Å². The van der Waals surface area contributed by atoms with Gasteiger partial charge in [-0.3, -0.25) is 14.4 Å². The number of carbonyl (C=O) groups is 3. The van der Waals surface area contributed by atoms with E-state index in [2.05, 4.69) is 48.0 Å². The highest BCUT2D eigenvalue weighted by molar-refractivity contribution is 5.95. The van der Waals surface area contributed by atoms with Gasteiger partial charge in [-0.2, -0.15) is 0 Å². The van der Waals surface area contributed by atoms with Crippen LogP contribution in [0.1, 0.15) is 73.6 Å². The Balaban J connectivity index is 1.49. The van der Waals surface area contributed by atoms with Crippen LogP contribution in [0.15, 0.2) is 54.6 Å². The minimum absolute atomic E-state index is 0.0633. The molecule has 1 heterocycles. The molecule has 6 nitrogen and oxygen atoms in total. The van der Waals surface area contributed by atoms with Gasteiger partial charge in [0, 0.05) is 24.6 Å². The van der Waals surface area contributed by atoms with Crippen molar-refractivity contribution in [3.63, 3.8) is 0 Å². The van der Waals surface area contributed by atoms with E-state index in [9.17, 15) is 14.4 Å². The van der Waals surface area contributed by atoms with Gasteiger partial charge in [0.1, 0.15) is 6.04 Å². The van der Waals surface area contributed by atoms with Gasteiger partial charge in [-0.15, -0.1) is 0 Å². The molecule has 2 fully saturated rings. The Kier molecular flexibility index (Phi) is 10.3. The molecule has 1 saturated heterocycles. The maximum absolute atomic E-state index is 13.8. The van der Waals surface area contributed by atoms with Crippen molar-refractivity contribution in [1.29, 1.82) is 0 Å². The number of amides is 3. The van der Waals surface area contributed by atoms with Gasteiger partial charge >= 0.3 is 0 Å². The molecule has 0 aromatic heterocycles. The Morgan fingerprint density at radius 1 is 0.974 bits per heavy atom. The van der Waals surface area contributed by atoms with Crippen LogP contribution >= 0.6 is 0 Å². The number of rotatable bonds is 11.